The van der Waals surface area contributed by atoms with Crippen LogP contribution in [0.4, 0.5) is 0 Å². The fourth-order valence-corrected chi connectivity index (χ4v) is 4.05. The molecule has 4 rings (SSSR count). The number of likely N-dealkylation sites (tertiary alicyclic amines) is 2. The van der Waals surface area contributed by atoms with E-state index < -0.39 is 0 Å². The van der Waals surface area contributed by atoms with E-state index in [2.05, 4.69) is 16.3 Å². The Balaban J connectivity index is 1.38. The number of aromatic amines is 1. The van der Waals surface area contributed by atoms with E-state index in [1.807, 2.05) is 16.7 Å². The predicted molar refractivity (Wildman–Crippen MR) is 89.3 cm³/mol. The number of rotatable bonds is 4. The number of aryl methyl sites for hydroxylation is 1. The Morgan fingerprint density at radius 2 is 2.17 bits per heavy atom. The molecule has 24 heavy (non-hydrogen) atoms. The molecule has 0 aromatic carbocycles. The number of amides is 2. The maximum Gasteiger partial charge on any atom is 0.228 e. The quantitative estimate of drug-likeness (QED) is 0.913. The SMILES string of the molecule is Cc1cc([C@H]2CCCN(C(=O)[C@H]3CC(=O)N(CC4CC4)C3)C2)n[nH]1. The fraction of sp³-hybridized carbons (Fsp3) is 0.722. The van der Waals surface area contributed by atoms with Gasteiger partial charge >= 0.3 is 0 Å². The van der Waals surface area contributed by atoms with Crippen LogP contribution in [0.1, 0.15) is 49.4 Å². The summed E-state index contributed by atoms with van der Waals surface area (Å²) in [6, 6.07) is 2.08. The molecule has 0 unspecified atom stereocenters. The highest BCUT2D eigenvalue weighted by Gasteiger charge is 2.39. The van der Waals surface area contributed by atoms with Crippen molar-refractivity contribution in [2.45, 2.75) is 44.9 Å². The Labute approximate surface area is 142 Å². The van der Waals surface area contributed by atoms with Crippen LogP contribution in [-0.4, -0.2) is 58.0 Å². The van der Waals surface area contributed by atoms with Gasteiger partial charge in [0.05, 0.1) is 11.6 Å². The normalized spacial score (nSPS) is 27.8. The second-order valence-corrected chi connectivity index (χ2v) is 7.74. The lowest BCUT2D eigenvalue weighted by Crippen LogP contribution is -2.43. The van der Waals surface area contributed by atoms with Crippen molar-refractivity contribution >= 4 is 11.8 Å². The molecule has 0 radical (unpaired) electrons. The van der Waals surface area contributed by atoms with Crippen LogP contribution in [0, 0.1) is 18.8 Å². The van der Waals surface area contributed by atoms with Gasteiger partial charge in [0.25, 0.3) is 0 Å². The summed E-state index contributed by atoms with van der Waals surface area (Å²) in [6.07, 6.45) is 4.95. The van der Waals surface area contributed by atoms with Crippen molar-refractivity contribution in [1.82, 2.24) is 20.0 Å². The summed E-state index contributed by atoms with van der Waals surface area (Å²) in [5.41, 5.74) is 2.12. The Morgan fingerprint density at radius 1 is 1.33 bits per heavy atom. The lowest BCUT2D eigenvalue weighted by atomic mass is 9.93. The van der Waals surface area contributed by atoms with Crippen molar-refractivity contribution in [1.29, 1.82) is 0 Å². The van der Waals surface area contributed by atoms with E-state index in [0.29, 0.717) is 24.8 Å². The molecular formula is C18H26N4O2. The van der Waals surface area contributed by atoms with Crippen molar-refractivity contribution in [3.63, 3.8) is 0 Å². The molecule has 130 valence electrons. The number of carbonyl (C=O) groups is 2. The van der Waals surface area contributed by atoms with Gasteiger partial charge in [0.2, 0.25) is 11.8 Å². The van der Waals surface area contributed by atoms with Crippen molar-refractivity contribution in [2.75, 3.05) is 26.2 Å². The maximum atomic E-state index is 12.9. The lowest BCUT2D eigenvalue weighted by molar-refractivity contribution is -0.137. The number of nitrogens with zero attached hydrogens (tertiary/aromatic N) is 3. The highest BCUT2D eigenvalue weighted by Crippen LogP contribution is 2.33. The highest BCUT2D eigenvalue weighted by molar-refractivity contribution is 5.89. The van der Waals surface area contributed by atoms with Gasteiger partial charge in [-0.05, 0) is 44.6 Å². The van der Waals surface area contributed by atoms with Crippen LogP contribution < -0.4 is 0 Å². The average Bonchev–Trinajstić information content (AvgIpc) is 3.18. The van der Waals surface area contributed by atoms with Gasteiger partial charge in [0.15, 0.2) is 0 Å². The third-order valence-corrected chi connectivity index (χ3v) is 5.62. The van der Waals surface area contributed by atoms with Gasteiger partial charge in [-0.25, -0.2) is 0 Å². The van der Waals surface area contributed by atoms with Crippen LogP contribution in [0.3, 0.4) is 0 Å². The molecule has 3 heterocycles. The number of aromatic nitrogens is 2. The molecule has 6 heteroatoms. The van der Waals surface area contributed by atoms with E-state index >= 15 is 0 Å². The minimum atomic E-state index is -0.143. The van der Waals surface area contributed by atoms with E-state index in [0.717, 1.165) is 43.9 Å². The largest absolute Gasteiger partial charge is 0.342 e. The molecule has 2 saturated heterocycles. The molecule has 6 nitrogen and oxygen atoms in total. The summed E-state index contributed by atoms with van der Waals surface area (Å²) in [7, 11) is 0. The third-order valence-electron chi connectivity index (χ3n) is 5.62. The summed E-state index contributed by atoms with van der Waals surface area (Å²) in [5.74, 6) is 1.18. The zero-order chi connectivity index (χ0) is 16.7. The number of carbonyl (C=O) groups excluding carboxylic acids is 2. The van der Waals surface area contributed by atoms with Crippen LogP contribution in [0.15, 0.2) is 6.07 Å². The standard InChI is InChI=1S/C18H26N4O2/c1-12-7-16(20-19-12)14-3-2-6-21(10-14)18(24)15-8-17(23)22(11-15)9-13-4-5-13/h7,13-15H,2-6,8-11H2,1H3,(H,19,20)/t14-,15-/m0/s1. The highest BCUT2D eigenvalue weighted by atomic mass is 16.2. The first-order chi connectivity index (χ1) is 11.6. The molecule has 3 aliphatic rings. The van der Waals surface area contributed by atoms with Crippen LogP contribution in [0.5, 0.6) is 0 Å². The first-order valence-electron chi connectivity index (χ1n) is 9.18. The summed E-state index contributed by atoms with van der Waals surface area (Å²) in [6.45, 7) is 5.03. The number of piperidine rings is 1. The first kappa shape index (κ1) is 15.7. The smallest absolute Gasteiger partial charge is 0.228 e. The van der Waals surface area contributed by atoms with Crippen LogP contribution in [0.25, 0.3) is 0 Å². The number of hydrogen-bond donors (Lipinski definition) is 1. The van der Waals surface area contributed by atoms with Crippen LogP contribution in [-0.2, 0) is 9.59 Å². The fourth-order valence-electron chi connectivity index (χ4n) is 4.05. The Kier molecular flexibility index (Phi) is 4.06. The van der Waals surface area contributed by atoms with Crippen molar-refractivity contribution in [3.05, 3.63) is 17.5 Å². The van der Waals surface area contributed by atoms with Gasteiger partial charge < -0.3 is 9.80 Å². The minimum Gasteiger partial charge on any atom is -0.342 e. The summed E-state index contributed by atoms with van der Waals surface area (Å²) in [5, 5.41) is 7.37. The number of hydrogen-bond acceptors (Lipinski definition) is 3. The van der Waals surface area contributed by atoms with E-state index in [4.69, 9.17) is 0 Å². The Hall–Kier alpha value is -1.85. The van der Waals surface area contributed by atoms with Gasteiger partial charge in [0, 0.05) is 44.2 Å². The predicted octanol–water partition coefficient (Wildman–Crippen LogP) is 1.68. The van der Waals surface area contributed by atoms with E-state index in [1.165, 1.54) is 12.8 Å². The van der Waals surface area contributed by atoms with Gasteiger partial charge in [-0.2, -0.15) is 5.10 Å². The van der Waals surface area contributed by atoms with Crippen molar-refractivity contribution in [2.24, 2.45) is 11.8 Å². The summed E-state index contributed by atoms with van der Waals surface area (Å²) >= 11 is 0. The zero-order valence-corrected chi connectivity index (χ0v) is 14.3. The average molecular weight is 330 g/mol. The summed E-state index contributed by atoms with van der Waals surface area (Å²) in [4.78, 5) is 28.9. The first-order valence-corrected chi connectivity index (χ1v) is 9.18. The zero-order valence-electron chi connectivity index (χ0n) is 14.3. The van der Waals surface area contributed by atoms with Gasteiger partial charge in [0.1, 0.15) is 0 Å². The lowest BCUT2D eigenvalue weighted by Gasteiger charge is -2.33. The summed E-state index contributed by atoms with van der Waals surface area (Å²) < 4.78 is 0. The molecule has 1 saturated carbocycles. The molecular weight excluding hydrogens is 304 g/mol. The van der Waals surface area contributed by atoms with E-state index in [1.54, 1.807) is 0 Å². The molecule has 2 atom stereocenters. The Bertz CT molecular complexity index is 637. The number of nitrogens with one attached hydrogen (secondary N) is 1. The topological polar surface area (TPSA) is 69.3 Å². The number of H-pyrrole nitrogens is 1. The third kappa shape index (κ3) is 3.19. The molecule has 1 aromatic heterocycles. The van der Waals surface area contributed by atoms with Crippen molar-refractivity contribution < 1.29 is 9.59 Å². The second-order valence-electron chi connectivity index (χ2n) is 7.74. The monoisotopic (exact) mass is 330 g/mol. The molecule has 2 amide bonds. The van der Waals surface area contributed by atoms with E-state index in [-0.39, 0.29) is 17.7 Å². The second kappa shape index (κ2) is 6.22. The molecule has 2 aliphatic heterocycles. The van der Waals surface area contributed by atoms with Gasteiger partial charge in [-0.15, -0.1) is 0 Å². The van der Waals surface area contributed by atoms with E-state index in [9.17, 15) is 9.59 Å². The molecule has 3 fully saturated rings. The van der Waals surface area contributed by atoms with Crippen LogP contribution >= 0.6 is 0 Å². The van der Waals surface area contributed by atoms with Crippen molar-refractivity contribution in [3.8, 4) is 0 Å². The maximum absolute atomic E-state index is 12.9. The molecule has 1 aromatic rings. The molecule has 0 spiro atoms. The van der Waals surface area contributed by atoms with Crippen LogP contribution in [0.2, 0.25) is 0 Å². The molecule has 1 N–H and O–H groups in total. The minimum absolute atomic E-state index is 0.143. The van der Waals surface area contributed by atoms with Gasteiger partial charge in [-0.1, -0.05) is 0 Å². The Morgan fingerprint density at radius 3 is 2.88 bits per heavy atom. The van der Waals surface area contributed by atoms with Gasteiger partial charge in [-0.3, -0.25) is 14.7 Å². The molecule has 0 bridgehead atoms. The molecule has 1 aliphatic carbocycles.